The SMILES string of the molecule is COC(=O)c1ccc(C=CC(=O)c2ccc(C)cc2)cc1. The van der Waals surface area contributed by atoms with E-state index in [1.807, 2.05) is 31.2 Å². The van der Waals surface area contributed by atoms with Gasteiger partial charge >= 0.3 is 5.97 Å². The molecule has 2 aromatic carbocycles. The monoisotopic (exact) mass is 280 g/mol. The number of methoxy groups -OCH3 is 1. The molecule has 2 rings (SSSR count). The van der Waals surface area contributed by atoms with E-state index < -0.39 is 0 Å². The maximum atomic E-state index is 12.0. The van der Waals surface area contributed by atoms with E-state index in [2.05, 4.69) is 4.74 Å². The predicted octanol–water partition coefficient (Wildman–Crippen LogP) is 3.68. The van der Waals surface area contributed by atoms with Crippen molar-refractivity contribution in [3.8, 4) is 0 Å². The Kier molecular flexibility index (Phi) is 4.67. The molecule has 0 saturated heterocycles. The molecule has 0 saturated carbocycles. The maximum Gasteiger partial charge on any atom is 0.337 e. The van der Waals surface area contributed by atoms with Gasteiger partial charge in [0.15, 0.2) is 5.78 Å². The van der Waals surface area contributed by atoms with Crippen molar-refractivity contribution in [2.45, 2.75) is 6.92 Å². The van der Waals surface area contributed by atoms with Crippen molar-refractivity contribution in [3.05, 3.63) is 76.9 Å². The van der Waals surface area contributed by atoms with Gasteiger partial charge < -0.3 is 4.74 Å². The minimum absolute atomic E-state index is 0.0490. The third kappa shape index (κ3) is 3.89. The van der Waals surface area contributed by atoms with E-state index in [1.165, 1.54) is 13.2 Å². The summed E-state index contributed by atoms with van der Waals surface area (Å²) in [5, 5.41) is 0. The minimum atomic E-state index is -0.374. The van der Waals surface area contributed by atoms with E-state index in [0.717, 1.165) is 11.1 Å². The molecule has 106 valence electrons. The summed E-state index contributed by atoms with van der Waals surface area (Å²) in [7, 11) is 1.34. The molecule has 0 amide bonds. The lowest BCUT2D eigenvalue weighted by atomic mass is 10.1. The van der Waals surface area contributed by atoms with Crippen molar-refractivity contribution in [2.24, 2.45) is 0 Å². The van der Waals surface area contributed by atoms with Gasteiger partial charge in [-0.1, -0.05) is 48.0 Å². The number of allylic oxidation sites excluding steroid dienone is 1. The zero-order valence-electron chi connectivity index (χ0n) is 12.0. The van der Waals surface area contributed by atoms with Crippen molar-refractivity contribution >= 4 is 17.8 Å². The molecule has 0 aliphatic rings. The molecule has 0 atom stereocenters. The number of hydrogen-bond donors (Lipinski definition) is 0. The molecular formula is C18H16O3. The Morgan fingerprint density at radius 3 is 2.05 bits per heavy atom. The van der Waals surface area contributed by atoms with Crippen LogP contribution in [0.3, 0.4) is 0 Å². The molecule has 0 N–H and O–H groups in total. The summed E-state index contributed by atoms with van der Waals surface area (Å²) in [5.41, 5.74) is 3.11. The smallest absolute Gasteiger partial charge is 0.337 e. The lowest BCUT2D eigenvalue weighted by Gasteiger charge is -1.99. The highest BCUT2D eigenvalue weighted by atomic mass is 16.5. The first-order valence-corrected chi connectivity index (χ1v) is 6.57. The molecule has 0 unspecified atom stereocenters. The van der Waals surface area contributed by atoms with Crippen molar-refractivity contribution in [1.29, 1.82) is 0 Å². The van der Waals surface area contributed by atoms with Crippen LogP contribution >= 0.6 is 0 Å². The lowest BCUT2D eigenvalue weighted by molar-refractivity contribution is 0.0600. The number of carbonyl (C=O) groups is 2. The molecule has 0 heterocycles. The Morgan fingerprint density at radius 2 is 1.48 bits per heavy atom. The summed E-state index contributed by atoms with van der Waals surface area (Å²) in [6, 6.07) is 14.3. The van der Waals surface area contributed by atoms with Gasteiger partial charge in [0.05, 0.1) is 12.7 Å². The van der Waals surface area contributed by atoms with Gasteiger partial charge in [0.1, 0.15) is 0 Å². The molecule has 3 nitrogen and oxygen atoms in total. The van der Waals surface area contributed by atoms with E-state index in [4.69, 9.17) is 0 Å². The van der Waals surface area contributed by atoms with Gasteiger partial charge in [-0.05, 0) is 30.7 Å². The van der Waals surface area contributed by atoms with Gasteiger partial charge in [-0.2, -0.15) is 0 Å². The zero-order chi connectivity index (χ0) is 15.2. The summed E-state index contributed by atoms with van der Waals surface area (Å²) in [6.45, 7) is 1.98. The fourth-order valence-electron chi connectivity index (χ4n) is 1.83. The Balaban J connectivity index is 2.08. The first-order chi connectivity index (χ1) is 10.1. The average molecular weight is 280 g/mol. The molecule has 21 heavy (non-hydrogen) atoms. The molecular weight excluding hydrogens is 264 g/mol. The van der Waals surface area contributed by atoms with Crippen LogP contribution in [0.2, 0.25) is 0 Å². The highest BCUT2D eigenvalue weighted by Crippen LogP contribution is 2.09. The fraction of sp³-hybridized carbons (Fsp3) is 0.111. The van der Waals surface area contributed by atoms with Crippen molar-refractivity contribution in [3.63, 3.8) is 0 Å². The molecule has 2 aromatic rings. The standard InChI is InChI=1S/C18H16O3/c1-13-3-8-15(9-4-13)17(19)12-7-14-5-10-16(11-6-14)18(20)21-2/h3-12H,1-2H3. The quantitative estimate of drug-likeness (QED) is 0.487. The van der Waals surface area contributed by atoms with Crippen LogP contribution in [0.1, 0.15) is 31.8 Å². The third-order valence-corrected chi connectivity index (χ3v) is 3.10. The van der Waals surface area contributed by atoms with Crippen LogP contribution in [0.25, 0.3) is 6.08 Å². The summed E-state index contributed by atoms with van der Waals surface area (Å²) < 4.78 is 4.63. The number of ether oxygens (including phenoxy) is 1. The number of ketones is 1. The normalized spacial score (nSPS) is 10.6. The van der Waals surface area contributed by atoms with Gasteiger partial charge in [0.2, 0.25) is 0 Å². The van der Waals surface area contributed by atoms with E-state index >= 15 is 0 Å². The van der Waals surface area contributed by atoms with Crippen LogP contribution in [0.4, 0.5) is 0 Å². The van der Waals surface area contributed by atoms with Crippen LogP contribution in [0, 0.1) is 6.92 Å². The number of aryl methyl sites for hydroxylation is 1. The topological polar surface area (TPSA) is 43.4 Å². The second-order valence-electron chi connectivity index (χ2n) is 4.68. The Hall–Kier alpha value is -2.68. The van der Waals surface area contributed by atoms with Crippen LogP contribution in [0.5, 0.6) is 0 Å². The number of rotatable bonds is 4. The number of benzene rings is 2. The summed E-state index contributed by atoms with van der Waals surface area (Å²) in [4.78, 5) is 23.3. The van der Waals surface area contributed by atoms with Crippen LogP contribution in [-0.4, -0.2) is 18.9 Å². The van der Waals surface area contributed by atoms with Gasteiger partial charge in [-0.3, -0.25) is 4.79 Å². The van der Waals surface area contributed by atoms with E-state index in [1.54, 1.807) is 30.3 Å². The Bertz CT molecular complexity index is 665. The maximum absolute atomic E-state index is 12.0. The molecule has 0 aliphatic heterocycles. The Labute approximate surface area is 123 Å². The molecule has 0 aromatic heterocycles. The van der Waals surface area contributed by atoms with Crippen LogP contribution in [-0.2, 0) is 4.74 Å². The molecule has 3 heteroatoms. The number of hydrogen-bond acceptors (Lipinski definition) is 3. The second kappa shape index (κ2) is 6.66. The molecule has 0 aliphatic carbocycles. The molecule has 0 radical (unpaired) electrons. The average Bonchev–Trinajstić information content (AvgIpc) is 2.53. The van der Waals surface area contributed by atoms with Gasteiger partial charge in [-0.25, -0.2) is 4.79 Å². The van der Waals surface area contributed by atoms with Gasteiger partial charge in [0.25, 0.3) is 0 Å². The van der Waals surface area contributed by atoms with E-state index in [-0.39, 0.29) is 11.8 Å². The fourth-order valence-corrected chi connectivity index (χ4v) is 1.83. The van der Waals surface area contributed by atoms with Gasteiger partial charge in [-0.15, -0.1) is 0 Å². The van der Waals surface area contributed by atoms with Crippen LogP contribution < -0.4 is 0 Å². The number of carbonyl (C=O) groups excluding carboxylic acids is 2. The van der Waals surface area contributed by atoms with Crippen molar-refractivity contribution in [1.82, 2.24) is 0 Å². The van der Waals surface area contributed by atoms with Gasteiger partial charge in [0, 0.05) is 5.56 Å². The molecule has 0 fully saturated rings. The first-order valence-electron chi connectivity index (χ1n) is 6.57. The summed E-state index contributed by atoms with van der Waals surface area (Å²) in [5.74, 6) is -0.423. The zero-order valence-corrected chi connectivity index (χ0v) is 12.0. The van der Waals surface area contributed by atoms with E-state index in [9.17, 15) is 9.59 Å². The van der Waals surface area contributed by atoms with Crippen molar-refractivity contribution < 1.29 is 14.3 Å². The molecule has 0 spiro atoms. The third-order valence-electron chi connectivity index (χ3n) is 3.10. The van der Waals surface area contributed by atoms with Crippen molar-refractivity contribution in [2.75, 3.05) is 7.11 Å². The highest BCUT2D eigenvalue weighted by molar-refractivity contribution is 6.06. The van der Waals surface area contributed by atoms with Crippen LogP contribution in [0.15, 0.2) is 54.6 Å². The minimum Gasteiger partial charge on any atom is -0.465 e. The summed E-state index contributed by atoms with van der Waals surface area (Å²) >= 11 is 0. The predicted molar refractivity (Wildman–Crippen MR) is 82.3 cm³/mol. The summed E-state index contributed by atoms with van der Waals surface area (Å²) in [6.07, 6.45) is 3.25. The molecule has 0 bridgehead atoms. The number of esters is 1. The Morgan fingerprint density at radius 1 is 0.905 bits per heavy atom. The highest BCUT2D eigenvalue weighted by Gasteiger charge is 2.04. The second-order valence-corrected chi connectivity index (χ2v) is 4.68. The van der Waals surface area contributed by atoms with E-state index in [0.29, 0.717) is 11.1 Å². The lowest BCUT2D eigenvalue weighted by Crippen LogP contribution is -2.00. The largest absolute Gasteiger partial charge is 0.465 e. The first kappa shape index (κ1) is 14.7.